The Morgan fingerprint density at radius 1 is 1.06 bits per heavy atom. The number of nitrogens with one attached hydrogen (secondary N) is 1. The van der Waals surface area contributed by atoms with Gasteiger partial charge in [0.05, 0.1) is 21.2 Å². The van der Waals surface area contributed by atoms with E-state index in [1.54, 1.807) is 0 Å². The minimum Gasteiger partial charge on any atom is -0.380 e. The van der Waals surface area contributed by atoms with Gasteiger partial charge in [-0.2, -0.15) is 0 Å². The second kappa shape index (κ2) is 9.77. The summed E-state index contributed by atoms with van der Waals surface area (Å²) in [7, 11) is -8.40. The van der Waals surface area contributed by atoms with Crippen molar-refractivity contribution in [3.8, 4) is 0 Å². The highest BCUT2D eigenvalue weighted by Crippen LogP contribution is 2.36. The molecule has 0 spiro atoms. The molecule has 0 amide bonds. The molecule has 3 N–H and O–H groups in total. The maximum absolute atomic E-state index is 12.9. The first kappa shape index (κ1) is 26.7. The van der Waals surface area contributed by atoms with Crippen molar-refractivity contribution in [1.82, 2.24) is 0 Å². The van der Waals surface area contributed by atoms with E-state index in [0.717, 1.165) is 6.07 Å². The van der Waals surface area contributed by atoms with E-state index in [-0.39, 0.29) is 16.1 Å². The summed E-state index contributed by atoms with van der Waals surface area (Å²) >= 11 is 0. The van der Waals surface area contributed by atoms with Crippen LogP contribution in [0.5, 0.6) is 0 Å². The van der Waals surface area contributed by atoms with Crippen molar-refractivity contribution in [2.24, 2.45) is 10.6 Å². The minimum absolute atomic E-state index is 0.0318. The quantitative estimate of drug-likeness (QED) is 0.248. The van der Waals surface area contributed by atoms with Crippen LogP contribution < -0.4 is 10.5 Å². The standard InChI is InChI=1S/C14H19N5O13S2/c1-9-2-11-13(3-12(9)34(15,28)29)33(26,27)5-10(16-11)4-14(6-30-17(20)21,7-31-18(22)23)8-32-19(24)25/h2-3,10,16H,4-8H2,1H3,(H2,15,28,29). The fourth-order valence-electron chi connectivity index (χ4n) is 3.47. The predicted molar refractivity (Wildman–Crippen MR) is 108 cm³/mol. The van der Waals surface area contributed by atoms with E-state index in [4.69, 9.17) is 5.14 Å². The molecule has 1 aromatic rings. The van der Waals surface area contributed by atoms with Gasteiger partial charge in [-0.25, -0.2) is 22.0 Å². The summed E-state index contributed by atoms with van der Waals surface area (Å²) in [6.45, 7) is -1.52. The van der Waals surface area contributed by atoms with Gasteiger partial charge in [-0.3, -0.25) is 0 Å². The highest BCUT2D eigenvalue weighted by atomic mass is 32.2. The Bertz CT molecular complexity index is 1160. The van der Waals surface area contributed by atoms with Gasteiger partial charge in [0.25, 0.3) is 15.3 Å². The molecule has 34 heavy (non-hydrogen) atoms. The fourth-order valence-corrected chi connectivity index (χ4v) is 5.99. The summed E-state index contributed by atoms with van der Waals surface area (Å²) in [6, 6.07) is 0.973. The normalized spacial score (nSPS) is 17.1. The Morgan fingerprint density at radius 3 is 1.94 bits per heavy atom. The van der Waals surface area contributed by atoms with Gasteiger partial charge in [-0.15, -0.1) is 30.3 Å². The number of anilines is 1. The average molecular weight is 529 g/mol. The van der Waals surface area contributed by atoms with E-state index in [9.17, 15) is 47.2 Å². The van der Waals surface area contributed by atoms with E-state index in [0.29, 0.717) is 0 Å². The molecule has 1 aliphatic rings. The molecule has 1 aliphatic heterocycles. The number of sulfonamides is 1. The van der Waals surface area contributed by atoms with Crippen LogP contribution in [0.4, 0.5) is 5.69 Å². The first-order valence-electron chi connectivity index (χ1n) is 9.03. The lowest BCUT2D eigenvalue weighted by molar-refractivity contribution is -0.782. The van der Waals surface area contributed by atoms with Gasteiger partial charge in [0, 0.05) is 11.5 Å². The van der Waals surface area contributed by atoms with Crippen LogP contribution in [-0.2, 0) is 34.4 Å². The molecule has 1 atom stereocenters. The van der Waals surface area contributed by atoms with Crippen molar-refractivity contribution < 1.29 is 46.6 Å². The summed E-state index contributed by atoms with van der Waals surface area (Å²) in [4.78, 5) is 44.1. The van der Waals surface area contributed by atoms with E-state index >= 15 is 0 Å². The summed E-state index contributed by atoms with van der Waals surface area (Å²) < 4.78 is 49.2. The zero-order valence-corrected chi connectivity index (χ0v) is 18.9. The van der Waals surface area contributed by atoms with Gasteiger partial charge in [0.1, 0.15) is 19.8 Å². The zero-order chi connectivity index (χ0) is 25.9. The molecule has 0 bridgehead atoms. The number of fused-ring (bicyclic) bond motifs is 1. The summed E-state index contributed by atoms with van der Waals surface area (Å²) in [6.07, 6.45) is -0.489. The van der Waals surface area contributed by atoms with Crippen molar-refractivity contribution in [3.63, 3.8) is 0 Å². The van der Waals surface area contributed by atoms with Gasteiger partial charge in [-0.1, -0.05) is 0 Å². The molecule has 1 unspecified atom stereocenters. The van der Waals surface area contributed by atoms with Crippen molar-refractivity contribution in [3.05, 3.63) is 48.0 Å². The molecule has 0 saturated heterocycles. The van der Waals surface area contributed by atoms with E-state index in [1.165, 1.54) is 13.0 Å². The van der Waals surface area contributed by atoms with E-state index < -0.39 is 83.5 Å². The molecular weight excluding hydrogens is 510 g/mol. The SMILES string of the molecule is Cc1cc2c(cc1S(N)(=O)=O)S(=O)(=O)CC(CC(CO[N+](=O)[O-])(CO[N+](=O)[O-])CO[N+](=O)[O-])N2. The smallest absolute Gasteiger partial charge is 0.294 e. The van der Waals surface area contributed by atoms with Crippen LogP contribution in [0.3, 0.4) is 0 Å². The molecule has 18 nitrogen and oxygen atoms in total. The third-order valence-electron chi connectivity index (χ3n) is 4.81. The molecule has 190 valence electrons. The highest BCUT2D eigenvalue weighted by Gasteiger charge is 2.41. The number of hydrogen-bond donors (Lipinski definition) is 2. The second-order valence-corrected chi connectivity index (χ2v) is 11.0. The number of nitrogens with two attached hydrogens (primary N) is 1. The largest absolute Gasteiger partial charge is 0.380 e. The monoisotopic (exact) mass is 529 g/mol. The molecule has 0 aromatic heterocycles. The Balaban J connectivity index is 2.46. The number of sulfone groups is 1. The number of hydrogen-bond acceptors (Lipinski definition) is 14. The molecule has 0 fully saturated rings. The first-order valence-corrected chi connectivity index (χ1v) is 12.2. The van der Waals surface area contributed by atoms with Gasteiger partial charge in [-0.05, 0) is 31.0 Å². The zero-order valence-electron chi connectivity index (χ0n) is 17.3. The van der Waals surface area contributed by atoms with E-state index in [2.05, 4.69) is 19.8 Å². The second-order valence-electron chi connectivity index (χ2n) is 7.48. The predicted octanol–water partition coefficient (Wildman–Crippen LogP) is -0.788. The number of nitrogens with zero attached hydrogens (tertiary/aromatic N) is 3. The summed E-state index contributed by atoms with van der Waals surface area (Å²) in [5, 5.41) is 36.3. The molecule has 0 radical (unpaired) electrons. The Morgan fingerprint density at radius 2 is 1.53 bits per heavy atom. The van der Waals surface area contributed by atoms with Crippen LogP contribution in [0.1, 0.15) is 12.0 Å². The first-order chi connectivity index (χ1) is 15.5. The Labute approximate surface area is 191 Å². The molecule has 2 rings (SSSR count). The van der Waals surface area contributed by atoms with Crippen molar-refractivity contribution in [1.29, 1.82) is 0 Å². The van der Waals surface area contributed by atoms with Crippen LogP contribution in [0.25, 0.3) is 0 Å². The highest BCUT2D eigenvalue weighted by molar-refractivity contribution is 7.92. The van der Waals surface area contributed by atoms with Crippen LogP contribution in [0, 0.1) is 42.7 Å². The minimum atomic E-state index is -4.24. The van der Waals surface area contributed by atoms with Crippen molar-refractivity contribution in [2.45, 2.75) is 29.2 Å². The molecule has 0 aliphatic carbocycles. The van der Waals surface area contributed by atoms with Gasteiger partial charge >= 0.3 is 0 Å². The molecule has 1 aromatic carbocycles. The Hall–Kier alpha value is -3.52. The van der Waals surface area contributed by atoms with Gasteiger partial charge < -0.3 is 19.8 Å². The number of primary sulfonamides is 1. The van der Waals surface area contributed by atoms with Crippen molar-refractivity contribution in [2.75, 3.05) is 30.9 Å². The van der Waals surface area contributed by atoms with Crippen LogP contribution in [0.2, 0.25) is 0 Å². The molecular formula is C14H19N5O13S2. The van der Waals surface area contributed by atoms with E-state index in [1.807, 2.05) is 0 Å². The number of rotatable bonds is 12. The lowest BCUT2D eigenvalue weighted by atomic mass is 9.84. The molecule has 1 heterocycles. The third kappa shape index (κ3) is 6.74. The van der Waals surface area contributed by atoms with Gasteiger partial charge in [0.2, 0.25) is 10.0 Å². The number of aryl methyl sites for hydroxylation is 1. The molecule has 20 heteroatoms. The lowest BCUT2D eigenvalue weighted by Gasteiger charge is -2.36. The maximum Gasteiger partial charge on any atom is 0.294 e. The van der Waals surface area contributed by atoms with Crippen LogP contribution in [-0.4, -0.2) is 63.7 Å². The van der Waals surface area contributed by atoms with Crippen molar-refractivity contribution >= 4 is 25.5 Å². The Kier molecular flexibility index (Phi) is 7.68. The summed E-state index contributed by atoms with van der Waals surface area (Å²) in [5.41, 5.74) is -1.83. The molecule has 0 saturated carbocycles. The summed E-state index contributed by atoms with van der Waals surface area (Å²) in [5.74, 6) is -0.704. The lowest BCUT2D eigenvalue weighted by Crippen LogP contribution is -2.46. The number of benzene rings is 1. The average Bonchev–Trinajstić information content (AvgIpc) is 2.66. The third-order valence-corrected chi connectivity index (χ3v) is 7.71. The topological polar surface area (TPSA) is 263 Å². The van der Waals surface area contributed by atoms with Gasteiger partial charge in [0.15, 0.2) is 9.84 Å². The fraction of sp³-hybridized carbons (Fsp3) is 0.571. The van der Waals surface area contributed by atoms with Crippen LogP contribution in [0.15, 0.2) is 21.9 Å². The maximum atomic E-state index is 12.9. The van der Waals surface area contributed by atoms with Crippen LogP contribution >= 0.6 is 0 Å².